The van der Waals surface area contributed by atoms with Crippen LogP contribution in [0, 0.1) is 17.3 Å². The second-order valence-corrected chi connectivity index (χ2v) is 12.6. The normalized spacial score (nSPS) is 24.8. The molecule has 3 N–H and O–H groups in total. The maximum absolute atomic E-state index is 14.1. The van der Waals surface area contributed by atoms with Crippen molar-refractivity contribution < 1.29 is 9.59 Å². The van der Waals surface area contributed by atoms with E-state index in [0.29, 0.717) is 17.4 Å². The maximum atomic E-state index is 14.1. The monoisotopic (exact) mass is 554 g/mol. The molecule has 9 heteroatoms. The van der Waals surface area contributed by atoms with Gasteiger partial charge in [-0.15, -0.1) is 0 Å². The van der Waals surface area contributed by atoms with E-state index < -0.39 is 0 Å². The number of nitrogens with zero attached hydrogens (tertiary/aromatic N) is 4. The van der Waals surface area contributed by atoms with Crippen LogP contribution < -0.4 is 11.1 Å². The van der Waals surface area contributed by atoms with Crippen molar-refractivity contribution in [1.29, 1.82) is 0 Å². The van der Waals surface area contributed by atoms with Crippen molar-refractivity contribution in [3.05, 3.63) is 47.5 Å². The number of primary amides is 1. The molecule has 1 aromatic carbocycles. The molecule has 2 aromatic rings. The zero-order valence-electron chi connectivity index (χ0n) is 22.9. The SMILES string of the molecule is NC(=O)[C@H]1CC[C@@H](N[C@H](Cc2ccc(Cl)cc2)C(=O)N2CCC(Cn3cncn3)(C3CCCCC3)CC2)CC1. The van der Waals surface area contributed by atoms with Crippen LogP contribution in [-0.2, 0) is 22.6 Å². The van der Waals surface area contributed by atoms with Crippen LogP contribution in [0.25, 0.3) is 0 Å². The van der Waals surface area contributed by atoms with Gasteiger partial charge in [-0.1, -0.05) is 43.0 Å². The maximum Gasteiger partial charge on any atom is 0.240 e. The Morgan fingerprint density at radius 3 is 2.33 bits per heavy atom. The Hall–Kier alpha value is -2.45. The lowest BCUT2D eigenvalue weighted by atomic mass is 9.63. The Morgan fingerprint density at radius 1 is 1.03 bits per heavy atom. The predicted molar refractivity (Wildman–Crippen MR) is 152 cm³/mol. The number of piperidine rings is 1. The highest BCUT2D eigenvalue weighted by Crippen LogP contribution is 2.47. The smallest absolute Gasteiger partial charge is 0.240 e. The Bertz CT molecular complexity index is 1070. The van der Waals surface area contributed by atoms with Gasteiger partial charge in [0.15, 0.2) is 0 Å². The highest BCUT2D eigenvalue weighted by molar-refractivity contribution is 6.30. The first-order valence-corrected chi connectivity index (χ1v) is 15.2. The second kappa shape index (κ2) is 12.8. The number of carbonyl (C=O) groups excluding carboxylic acids is 2. The zero-order valence-corrected chi connectivity index (χ0v) is 23.7. The first-order chi connectivity index (χ1) is 18.9. The van der Waals surface area contributed by atoms with Crippen LogP contribution in [0.1, 0.15) is 76.2 Å². The first kappa shape index (κ1) is 28.1. The van der Waals surface area contributed by atoms with E-state index in [2.05, 4.69) is 20.3 Å². The number of aromatic nitrogens is 3. The second-order valence-electron chi connectivity index (χ2n) is 12.1. The Kier molecular flexibility index (Phi) is 9.23. The molecular weight excluding hydrogens is 512 g/mol. The fraction of sp³-hybridized carbons (Fsp3) is 0.667. The first-order valence-electron chi connectivity index (χ1n) is 14.8. The van der Waals surface area contributed by atoms with Crippen molar-refractivity contribution in [3.63, 3.8) is 0 Å². The van der Waals surface area contributed by atoms with Gasteiger partial charge in [0, 0.05) is 36.6 Å². The highest BCUT2D eigenvalue weighted by atomic mass is 35.5. The van der Waals surface area contributed by atoms with Crippen LogP contribution >= 0.6 is 11.6 Å². The number of hydrogen-bond donors (Lipinski definition) is 2. The number of amides is 2. The molecule has 1 atom stereocenters. The molecule has 1 aromatic heterocycles. The third kappa shape index (κ3) is 7.01. The van der Waals surface area contributed by atoms with Crippen molar-refractivity contribution in [2.75, 3.05) is 13.1 Å². The van der Waals surface area contributed by atoms with Gasteiger partial charge in [0.2, 0.25) is 11.8 Å². The van der Waals surface area contributed by atoms with E-state index in [1.54, 1.807) is 6.33 Å². The average Bonchev–Trinajstić information content (AvgIpc) is 3.47. The largest absolute Gasteiger partial charge is 0.369 e. The molecule has 8 nitrogen and oxygen atoms in total. The molecular formula is C30H43ClN6O2. The number of benzene rings is 1. The lowest BCUT2D eigenvalue weighted by molar-refractivity contribution is -0.137. The van der Waals surface area contributed by atoms with E-state index in [1.165, 1.54) is 32.1 Å². The van der Waals surface area contributed by atoms with Crippen LogP contribution in [0.2, 0.25) is 5.02 Å². The third-order valence-corrected chi connectivity index (χ3v) is 9.96. The van der Waals surface area contributed by atoms with Crippen molar-refractivity contribution in [2.45, 2.75) is 95.7 Å². The lowest BCUT2D eigenvalue weighted by Gasteiger charge is -2.48. The number of rotatable bonds is 9. The van der Waals surface area contributed by atoms with Crippen molar-refractivity contribution in [2.24, 2.45) is 23.0 Å². The summed E-state index contributed by atoms with van der Waals surface area (Å²) in [7, 11) is 0. The molecule has 3 aliphatic rings. The fourth-order valence-corrected chi connectivity index (χ4v) is 7.47. The van der Waals surface area contributed by atoms with E-state index in [4.69, 9.17) is 17.3 Å². The zero-order chi connectivity index (χ0) is 27.2. The molecule has 0 unspecified atom stereocenters. The standard InChI is InChI=1S/C30H43ClN6O2/c31-25-10-6-22(7-11-25)18-27(35-26-12-8-23(9-13-26)28(32)38)29(39)36-16-14-30(15-17-36,19-37-21-33-20-34-37)24-4-2-1-3-5-24/h6-7,10-11,20-21,23-24,26-27,35H,1-5,8-9,12-19H2,(H2,32,38)/t23-,26+,27-/m1/s1. The summed E-state index contributed by atoms with van der Waals surface area (Å²) < 4.78 is 2.00. The van der Waals surface area contributed by atoms with Gasteiger partial charge in [0.1, 0.15) is 12.7 Å². The molecule has 1 aliphatic heterocycles. The van der Waals surface area contributed by atoms with Crippen LogP contribution in [-0.4, -0.2) is 56.7 Å². The number of carbonyl (C=O) groups is 2. The van der Waals surface area contributed by atoms with Gasteiger partial charge in [0.25, 0.3) is 0 Å². The molecule has 0 spiro atoms. The predicted octanol–water partition coefficient (Wildman–Crippen LogP) is 4.37. The minimum atomic E-state index is -0.307. The molecule has 1 saturated heterocycles. The Morgan fingerprint density at radius 2 is 1.72 bits per heavy atom. The number of hydrogen-bond acceptors (Lipinski definition) is 5. The minimum Gasteiger partial charge on any atom is -0.369 e. The van der Waals surface area contributed by atoms with Crippen LogP contribution in [0.15, 0.2) is 36.9 Å². The molecule has 5 rings (SSSR count). The molecule has 2 aliphatic carbocycles. The summed E-state index contributed by atoms with van der Waals surface area (Å²) in [5.74, 6) is 0.604. The van der Waals surface area contributed by atoms with E-state index in [-0.39, 0.29) is 35.2 Å². The van der Waals surface area contributed by atoms with Gasteiger partial charge >= 0.3 is 0 Å². The summed E-state index contributed by atoms with van der Waals surface area (Å²) in [5, 5.41) is 8.84. The lowest BCUT2D eigenvalue weighted by Crippen LogP contribution is -2.55. The molecule has 2 saturated carbocycles. The summed E-state index contributed by atoms with van der Waals surface area (Å²) >= 11 is 6.13. The Balaban J connectivity index is 1.28. The van der Waals surface area contributed by atoms with E-state index in [1.807, 2.05) is 35.3 Å². The summed E-state index contributed by atoms with van der Waals surface area (Å²) in [5.41, 5.74) is 6.81. The van der Waals surface area contributed by atoms with Gasteiger partial charge < -0.3 is 16.0 Å². The number of nitrogens with two attached hydrogens (primary N) is 1. The minimum absolute atomic E-state index is 0.0477. The summed E-state index contributed by atoms with van der Waals surface area (Å²) in [4.78, 5) is 32.0. The molecule has 0 bridgehead atoms. The molecule has 2 heterocycles. The van der Waals surface area contributed by atoms with Crippen molar-refractivity contribution in [3.8, 4) is 0 Å². The van der Waals surface area contributed by atoms with Crippen molar-refractivity contribution >= 4 is 23.4 Å². The van der Waals surface area contributed by atoms with Crippen LogP contribution in [0.5, 0.6) is 0 Å². The van der Waals surface area contributed by atoms with Gasteiger partial charge in [-0.3, -0.25) is 14.3 Å². The number of nitrogens with one attached hydrogen (secondary N) is 1. The van der Waals surface area contributed by atoms with E-state index in [9.17, 15) is 9.59 Å². The van der Waals surface area contributed by atoms with Crippen molar-refractivity contribution in [1.82, 2.24) is 25.0 Å². The molecule has 2 amide bonds. The number of halogens is 1. The highest BCUT2D eigenvalue weighted by Gasteiger charge is 2.44. The van der Waals surface area contributed by atoms with Crippen LogP contribution in [0.4, 0.5) is 0 Å². The Labute approximate surface area is 237 Å². The third-order valence-electron chi connectivity index (χ3n) is 9.70. The van der Waals surface area contributed by atoms with Gasteiger partial charge in [-0.2, -0.15) is 5.10 Å². The average molecular weight is 555 g/mol. The quantitative estimate of drug-likeness (QED) is 0.479. The summed E-state index contributed by atoms with van der Waals surface area (Å²) in [6.07, 6.45) is 15.9. The van der Waals surface area contributed by atoms with Gasteiger partial charge in [-0.05, 0) is 86.8 Å². The fourth-order valence-electron chi connectivity index (χ4n) is 7.34. The van der Waals surface area contributed by atoms with Gasteiger partial charge in [0.05, 0.1) is 6.04 Å². The molecule has 39 heavy (non-hydrogen) atoms. The molecule has 212 valence electrons. The van der Waals surface area contributed by atoms with Crippen LogP contribution in [0.3, 0.4) is 0 Å². The van der Waals surface area contributed by atoms with Gasteiger partial charge in [-0.25, -0.2) is 4.98 Å². The topological polar surface area (TPSA) is 106 Å². The number of likely N-dealkylation sites (tertiary alicyclic amines) is 1. The summed E-state index contributed by atoms with van der Waals surface area (Å²) in [6.45, 7) is 2.43. The summed E-state index contributed by atoms with van der Waals surface area (Å²) in [6, 6.07) is 7.70. The molecule has 3 fully saturated rings. The van der Waals surface area contributed by atoms with E-state index >= 15 is 0 Å². The molecule has 0 radical (unpaired) electrons. The van der Waals surface area contributed by atoms with E-state index in [0.717, 1.165) is 63.7 Å².